The number of pyridine rings is 2. The summed E-state index contributed by atoms with van der Waals surface area (Å²) in [6.07, 6.45) is 4.65. The summed E-state index contributed by atoms with van der Waals surface area (Å²) in [5, 5.41) is 1.11. The highest BCUT2D eigenvalue weighted by molar-refractivity contribution is 5.77. The summed E-state index contributed by atoms with van der Waals surface area (Å²) in [7, 11) is 0. The lowest BCUT2D eigenvalue weighted by atomic mass is 10.2. The van der Waals surface area contributed by atoms with Gasteiger partial charge in [-0.1, -0.05) is 6.92 Å². The zero-order chi connectivity index (χ0) is 8.39. The maximum absolute atomic E-state index is 4.29. The molecule has 0 aliphatic carbocycles. The minimum absolute atomic E-state index is 0.965. The molecule has 0 saturated heterocycles. The van der Waals surface area contributed by atoms with Gasteiger partial charge in [-0.25, -0.2) is 0 Å². The second kappa shape index (κ2) is 2.89. The molecule has 0 N–H and O–H groups in total. The van der Waals surface area contributed by atoms with Crippen molar-refractivity contribution in [1.82, 2.24) is 9.97 Å². The summed E-state index contributed by atoms with van der Waals surface area (Å²) in [5.41, 5.74) is 2.13. The lowest BCUT2D eigenvalue weighted by molar-refractivity contribution is 1.04. The monoisotopic (exact) mass is 158 g/mol. The standard InChI is InChI=1S/C10H10N2/c1-2-9-6-10-8(7-12-9)4-3-5-11-10/h3-7H,2H2,1H3. The highest BCUT2D eigenvalue weighted by atomic mass is 14.7. The van der Waals surface area contributed by atoms with E-state index in [0.717, 1.165) is 23.0 Å². The molecular formula is C10H10N2. The normalized spacial score (nSPS) is 10.4. The number of rotatable bonds is 1. The van der Waals surface area contributed by atoms with Crippen LogP contribution in [0.25, 0.3) is 10.9 Å². The Bertz CT molecular complexity index is 396. The molecule has 0 unspecified atom stereocenters. The van der Waals surface area contributed by atoms with Crippen molar-refractivity contribution in [1.29, 1.82) is 0 Å². The highest BCUT2D eigenvalue weighted by Gasteiger charge is 1.94. The molecule has 2 heterocycles. The average Bonchev–Trinajstić information content (AvgIpc) is 2.17. The van der Waals surface area contributed by atoms with Crippen LogP contribution >= 0.6 is 0 Å². The zero-order valence-corrected chi connectivity index (χ0v) is 6.99. The summed E-state index contributed by atoms with van der Waals surface area (Å²) >= 11 is 0. The molecule has 0 saturated carbocycles. The van der Waals surface area contributed by atoms with E-state index in [0.29, 0.717) is 0 Å². The molecule has 2 aromatic rings. The van der Waals surface area contributed by atoms with Crippen molar-refractivity contribution in [3.8, 4) is 0 Å². The molecule has 12 heavy (non-hydrogen) atoms. The van der Waals surface area contributed by atoms with Crippen molar-refractivity contribution < 1.29 is 0 Å². The van der Waals surface area contributed by atoms with Gasteiger partial charge in [0.25, 0.3) is 0 Å². The van der Waals surface area contributed by atoms with Gasteiger partial charge in [0.05, 0.1) is 5.52 Å². The van der Waals surface area contributed by atoms with Gasteiger partial charge in [-0.15, -0.1) is 0 Å². The molecule has 0 atom stereocenters. The van der Waals surface area contributed by atoms with Gasteiger partial charge in [0.15, 0.2) is 0 Å². The van der Waals surface area contributed by atoms with Crippen LogP contribution in [0.1, 0.15) is 12.6 Å². The summed E-state index contributed by atoms with van der Waals surface area (Å²) in [6.45, 7) is 2.09. The van der Waals surface area contributed by atoms with Crippen LogP contribution in [-0.2, 0) is 6.42 Å². The van der Waals surface area contributed by atoms with E-state index in [4.69, 9.17) is 0 Å². The van der Waals surface area contributed by atoms with Gasteiger partial charge in [-0.05, 0) is 24.6 Å². The third-order valence-electron chi connectivity index (χ3n) is 1.91. The Balaban J connectivity index is 2.67. The second-order valence-electron chi connectivity index (χ2n) is 2.73. The first-order valence-corrected chi connectivity index (χ1v) is 4.10. The summed E-state index contributed by atoms with van der Waals surface area (Å²) in [6, 6.07) is 5.99. The van der Waals surface area contributed by atoms with Crippen molar-refractivity contribution in [2.75, 3.05) is 0 Å². The topological polar surface area (TPSA) is 25.8 Å². The van der Waals surface area contributed by atoms with E-state index < -0.39 is 0 Å². The molecule has 60 valence electrons. The van der Waals surface area contributed by atoms with Crippen molar-refractivity contribution in [2.45, 2.75) is 13.3 Å². The molecule has 0 aromatic carbocycles. The van der Waals surface area contributed by atoms with Gasteiger partial charge in [0, 0.05) is 23.5 Å². The van der Waals surface area contributed by atoms with E-state index >= 15 is 0 Å². The summed E-state index contributed by atoms with van der Waals surface area (Å²) in [4.78, 5) is 8.54. The van der Waals surface area contributed by atoms with Crippen molar-refractivity contribution in [3.63, 3.8) is 0 Å². The predicted molar refractivity (Wildman–Crippen MR) is 48.9 cm³/mol. The van der Waals surface area contributed by atoms with E-state index in [1.165, 1.54) is 0 Å². The van der Waals surface area contributed by atoms with Crippen LogP contribution in [0.3, 0.4) is 0 Å². The highest BCUT2D eigenvalue weighted by Crippen LogP contribution is 2.10. The fraction of sp³-hybridized carbons (Fsp3) is 0.200. The van der Waals surface area contributed by atoms with Crippen LogP contribution < -0.4 is 0 Å². The van der Waals surface area contributed by atoms with Gasteiger partial charge in [-0.2, -0.15) is 0 Å². The number of aromatic nitrogens is 2. The second-order valence-corrected chi connectivity index (χ2v) is 2.73. The van der Waals surface area contributed by atoms with E-state index in [2.05, 4.69) is 16.9 Å². The number of fused-ring (bicyclic) bond motifs is 1. The third-order valence-corrected chi connectivity index (χ3v) is 1.91. The molecule has 2 aromatic heterocycles. The Morgan fingerprint density at radius 2 is 2.25 bits per heavy atom. The molecule has 0 spiro atoms. The molecule has 2 nitrogen and oxygen atoms in total. The molecule has 2 rings (SSSR count). The Morgan fingerprint density at radius 3 is 3.08 bits per heavy atom. The molecule has 2 heteroatoms. The maximum Gasteiger partial charge on any atom is 0.0735 e. The van der Waals surface area contributed by atoms with E-state index in [-0.39, 0.29) is 0 Å². The van der Waals surface area contributed by atoms with Gasteiger partial charge in [-0.3, -0.25) is 9.97 Å². The number of hydrogen-bond acceptors (Lipinski definition) is 2. The van der Waals surface area contributed by atoms with Crippen LogP contribution in [0.15, 0.2) is 30.6 Å². The number of hydrogen-bond donors (Lipinski definition) is 0. The minimum Gasteiger partial charge on any atom is -0.261 e. The Morgan fingerprint density at radius 1 is 1.33 bits per heavy atom. The first-order chi connectivity index (χ1) is 5.90. The fourth-order valence-corrected chi connectivity index (χ4v) is 1.20. The van der Waals surface area contributed by atoms with Crippen LogP contribution in [0.5, 0.6) is 0 Å². The van der Waals surface area contributed by atoms with Crippen LogP contribution in [0.2, 0.25) is 0 Å². The van der Waals surface area contributed by atoms with Gasteiger partial charge < -0.3 is 0 Å². The van der Waals surface area contributed by atoms with Crippen LogP contribution in [-0.4, -0.2) is 9.97 Å². The van der Waals surface area contributed by atoms with Gasteiger partial charge in [0.1, 0.15) is 0 Å². The summed E-state index contributed by atoms with van der Waals surface area (Å²) in [5.74, 6) is 0. The molecule has 0 aliphatic heterocycles. The fourth-order valence-electron chi connectivity index (χ4n) is 1.20. The molecule has 0 fully saturated rings. The van der Waals surface area contributed by atoms with Crippen molar-refractivity contribution in [2.24, 2.45) is 0 Å². The Kier molecular flexibility index (Phi) is 1.74. The molecule has 0 radical (unpaired) electrons. The predicted octanol–water partition coefficient (Wildman–Crippen LogP) is 2.19. The largest absolute Gasteiger partial charge is 0.261 e. The minimum atomic E-state index is 0.965. The Labute approximate surface area is 71.3 Å². The number of nitrogens with zero attached hydrogens (tertiary/aromatic N) is 2. The molecule has 0 bridgehead atoms. The molecular weight excluding hydrogens is 148 g/mol. The van der Waals surface area contributed by atoms with Crippen molar-refractivity contribution in [3.05, 3.63) is 36.3 Å². The molecule has 0 amide bonds. The van der Waals surface area contributed by atoms with Gasteiger partial charge in [0.2, 0.25) is 0 Å². The first kappa shape index (κ1) is 7.22. The van der Waals surface area contributed by atoms with E-state index in [9.17, 15) is 0 Å². The molecule has 0 aliphatic rings. The summed E-state index contributed by atoms with van der Waals surface area (Å²) < 4.78 is 0. The van der Waals surface area contributed by atoms with Crippen LogP contribution in [0.4, 0.5) is 0 Å². The SMILES string of the molecule is CCc1cc2ncccc2cn1. The van der Waals surface area contributed by atoms with Crippen molar-refractivity contribution >= 4 is 10.9 Å². The lowest BCUT2D eigenvalue weighted by Gasteiger charge is -1.97. The first-order valence-electron chi connectivity index (χ1n) is 4.10. The van der Waals surface area contributed by atoms with E-state index in [1.807, 2.05) is 30.6 Å². The van der Waals surface area contributed by atoms with Crippen LogP contribution in [0, 0.1) is 0 Å². The smallest absolute Gasteiger partial charge is 0.0735 e. The lowest BCUT2D eigenvalue weighted by Crippen LogP contribution is -1.87. The Hall–Kier alpha value is -1.44. The maximum atomic E-state index is 4.29. The third kappa shape index (κ3) is 1.16. The zero-order valence-electron chi connectivity index (χ0n) is 6.99. The average molecular weight is 158 g/mol. The number of aryl methyl sites for hydroxylation is 1. The van der Waals surface area contributed by atoms with Gasteiger partial charge >= 0.3 is 0 Å². The van der Waals surface area contributed by atoms with E-state index in [1.54, 1.807) is 0 Å². The quantitative estimate of drug-likeness (QED) is 0.635.